The highest BCUT2D eigenvalue weighted by atomic mass is 16.1. The van der Waals surface area contributed by atoms with E-state index in [1.165, 1.54) is 195 Å². The Hall–Kier alpha value is -1.89. The number of fused-ring (bicyclic) bond motifs is 4. The molecule has 256 valence electrons. The van der Waals surface area contributed by atoms with E-state index >= 15 is 0 Å². The number of rotatable bonds is 26. The predicted octanol–water partition coefficient (Wildman–Crippen LogP) is 14.6. The molecule has 0 aromatic heterocycles. The summed E-state index contributed by atoms with van der Waals surface area (Å²) in [6, 6.07) is 11.8. The maximum atomic E-state index is 13.1. The maximum absolute atomic E-state index is 13.1. The zero-order chi connectivity index (χ0) is 32.5. The number of carbonyl (C=O) groups is 1. The van der Waals surface area contributed by atoms with Gasteiger partial charge >= 0.3 is 0 Å². The third-order valence-electron chi connectivity index (χ3n) is 11.7. The second-order valence-corrected chi connectivity index (χ2v) is 15.3. The van der Waals surface area contributed by atoms with E-state index in [-0.39, 0.29) is 5.41 Å². The van der Waals surface area contributed by atoms with Gasteiger partial charge in [0.15, 0.2) is 5.78 Å². The highest BCUT2D eigenvalue weighted by Crippen LogP contribution is 2.56. The van der Waals surface area contributed by atoms with E-state index in [0.717, 1.165) is 12.0 Å². The molecule has 1 nitrogen and oxygen atoms in total. The van der Waals surface area contributed by atoms with Gasteiger partial charge in [0.05, 0.1) is 0 Å². The minimum atomic E-state index is 0.0743. The third kappa shape index (κ3) is 10.1. The quantitative estimate of drug-likeness (QED) is 0.0949. The van der Waals surface area contributed by atoms with Gasteiger partial charge in [0.25, 0.3) is 0 Å². The molecular formula is C45H70O. The van der Waals surface area contributed by atoms with Crippen molar-refractivity contribution >= 4 is 5.78 Å². The van der Waals surface area contributed by atoms with Crippen LogP contribution in [0.3, 0.4) is 0 Å². The molecule has 0 saturated heterocycles. The second kappa shape index (κ2) is 20.5. The molecule has 0 heterocycles. The number of hydrogen-bond acceptors (Lipinski definition) is 1. The summed E-state index contributed by atoms with van der Waals surface area (Å²) in [6.07, 6.45) is 37.6. The Bertz CT molecular complexity index is 1140. The Kier molecular flexibility index (Phi) is 16.4. The number of Topliss-reactive ketones (excluding diaryl/α,β-unsaturated/α-hetero) is 1. The summed E-state index contributed by atoms with van der Waals surface area (Å²) in [5.74, 6) is 0.385. The Morgan fingerprint density at radius 1 is 0.543 bits per heavy atom. The second-order valence-electron chi connectivity index (χ2n) is 15.3. The van der Waals surface area contributed by atoms with Crippen LogP contribution in [0.25, 0.3) is 11.1 Å². The summed E-state index contributed by atoms with van der Waals surface area (Å²) in [6.45, 7) is 6.91. The van der Waals surface area contributed by atoms with Crippen LogP contribution < -0.4 is 0 Å². The van der Waals surface area contributed by atoms with Gasteiger partial charge in [-0.05, 0) is 59.6 Å². The van der Waals surface area contributed by atoms with Crippen molar-refractivity contribution in [3.8, 4) is 11.1 Å². The van der Waals surface area contributed by atoms with Crippen molar-refractivity contribution in [3.05, 3.63) is 58.1 Å². The first-order valence-electron chi connectivity index (χ1n) is 20.4. The third-order valence-corrected chi connectivity index (χ3v) is 11.7. The molecule has 0 amide bonds. The molecule has 0 spiro atoms. The predicted molar refractivity (Wildman–Crippen MR) is 201 cm³/mol. The lowest BCUT2D eigenvalue weighted by molar-refractivity contribution is 0.0994. The summed E-state index contributed by atoms with van der Waals surface area (Å²) in [5.41, 5.74) is 9.81. The highest BCUT2D eigenvalue weighted by molar-refractivity contribution is 6.04. The molecular weight excluding hydrogens is 556 g/mol. The maximum Gasteiger partial charge on any atom is 0.163 e. The van der Waals surface area contributed by atoms with Gasteiger partial charge in [-0.25, -0.2) is 0 Å². The monoisotopic (exact) mass is 627 g/mol. The molecule has 46 heavy (non-hydrogen) atoms. The summed E-state index contributed by atoms with van der Waals surface area (Å²) >= 11 is 0. The molecule has 2 aliphatic rings. The van der Waals surface area contributed by atoms with Crippen LogP contribution in [0.5, 0.6) is 0 Å². The lowest BCUT2D eigenvalue weighted by Gasteiger charge is -2.34. The van der Waals surface area contributed by atoms with Crippen molar-refractivity contribution in [2.45, 2.75) is 206 Å². The van der Waals surface area contributed by atoms with Crippen LogP contribution >= 0.6 is 0 Å². The molecule has 1 heteroatoms. The smallest absolute Gasteiger partial charge is 0.163 e. The molecule has 2 aromatic rings. The average Bonchev–Trinajstić information content (AvgIpc) is 3.58. The first kappa shape index (κ1) is 36.9. The highest BCUT2D eigenvalue weighted by Gasteiger charge is 2.45. The largest absolute Gasteiger partial charge is 0.294 e. The lowest BCUT2D eigenvalue weighted by Crippen LogP contribution is -2.27. The Morgan fingerprint density at radius 3 is 1.46 bits per heavy atom. The van der Waals surface area contributed by atoms with Crippen LogP contribution in [0.4, 0.5) is 0 Å². The van der Waals surface area contributed by atoms with E-state index in [4.69, 9.17) is 0 Å². The fourth-order valence-electron chi connectivity index (χ4n) is 9.12. The summed E-state index contributed by atoms with van der Waals surface area (Å²) in [4.78, 5) is 13.1. The fourth-order valence-corrected chi connectivity index (χ4v) is 9.12. The van der Waals surface area contributed by atoms with Crippen LogP contribution in [-0.2, 0) is 11.8 Å². The summed E-state index contributed by atoms with van der Waals surface area (Å²) in [5, 5.41) is 0. The molecule has 0 unspecified atom stereocenters. The van der Waals surface area contributed by atoms with E-state index in [9.17, 15) is 4.79 Å². The van der Waals surface area contributed by atoms with Gasteiger partial charge in [-0.1, -0.05) is 198 Å². The summed E-state index contributed by atoms with van der Waals surface area (Å²) in [7, 11) is 0. The van der Waals surface area contributed by atoms with Crippen LogP contribution in [0.1, 0.15) is 220 Å². The average molecular weight is 627 g/mol. The molecule has 4 rings (SSSR count). The number of aryl methyl sites for hydroxylation is 1. The van der Waals surface area contributed by atoms with Crippen molar-refractivity contribution in [1.82, 2.24) is 0 Å². The van der Waals surface area contributed by atoms with Crippen LogP contribution in [-0.4, -0.2) is 5.78 Å². The lowest BCUT2D eigenvalue weighted by atomic mass is 9.69. The van der Waals surface area contributed by atoms with Crippen molar-refractivity contribution in [2.75, 3.05) is 0 Å². The number of unbranched alkanes of at least 4 members (excludes halogenated alkanes) is 22. The SMILES string of the molecule is CCCCCCCCCCCCCCC1(CCCCCCCCCCCCCC)c2ccccc2-c2cc3c(c(C)c21)C(=O)CC3. The topological polar surface area (TPSA) is 17.1 Å². The normalized spacial score (nSPS) is 14.5. The molecule has 0 bridgehead atoms. The zero-order valence-corrected chi connectivity index (χ0v) is 30.6. The molecule has 0 saturated carbocycles. The van der Waals surface area contributed by atoms with E-state index < -0.39 is 0 Å². The number of carbonyl (C=O) groups excluding carboxylic acids is 1. The molecule has 0 fully saturated rings. The Labute approximate surface area is 285 Å². The standard InChI is InChI=1S/C45H70O/c1-4-6-8-10-12-14-16-18-20-22-24-28-34-45(35-29-25-23-21-19-17-15-13-11-9-7-5-2)41-31-27-26-30-39(41)40-36-38-32-33-42(46)43(38)37(3)44(40)45/h26-27,30-31,36H,4-25,28-29,32-35H2,1-3H3. The van der Waals surface area contributed by atoms with Gasteiger partial charge in [-0.2, -0.15) is 0 Å². The Morgan fingerprint density at radius 2 is 0.978 bits per heavy atom. The zero-order valence-electron chi connectivity index (χ0n) is 30.6. The first-order chi connectivity index (χ1) is 22.6. The van der Waals surface area contributed by atoms with Crippen LogP contribution in [0, 0.1) is 6.92 Å². The van der Waals surface area contributed by atoms with Gasteiger partial charge in [-0.15, -0.1) is 0 Å². The van der Waals surface area contributed by atoms with Crippen LogP contribution in [0.2, 0.25) is 0 Å². The molecule has 2 aliphatic carbocycles. The number of hydrogen-bond donors (Lipinski definition) is 0. The van der Waals surface area contributed by atoms with Gasteiger partial charge in [0.1, 0.15) is 0 Å². The number of benzene rings is 2. The molecule has 2 aromatic carbocycles. The van der Waals surface area contributed by atoms with Gasteiger partial charge in [0.2, 0.25) is 0 Å². The first-order valence-corrected chi connectivity index (χ1v) is 20.4. The van der Waals surface area contributed by atoms with Crippen molar-refractivity contribution < 1.29 is 4.79 Å². The van der Waals surface area contributed by atoms with E-state index in [1.54, 1.807) is 5.56 Å². The molecule has 0 atom stereocenters. The molecule has 0 radical (unpaired) electrons. The minimum absolute atomic E-state index is 0.0743. The fraction of sp³-hybridized carbons (Fsp3) is 0.711. The van der Waals surface area contributed by atoms with E-state index in [0.29, 0.717) is 12.2 Å². The molecule has 0 aliphatic heterocycles. The van der Waals surface area contributed by atoms with Gasteiger partial charge < -0.3 is 0 Å². The Balaban J connectivity index is 1.34. The van der Waals surface area contributed by atoms with Gasteiger partial charge in [-0.3, -0.25) is 4.79 Å². The van der Waals surface area contributed by atoms with Crippen molar-refractivity contribution in [2.24, 2.45) is 0 Å². The van der Waals surface area contributed by atoms with E-state index in [2.05, 4.69) is 51.1 Å². The van der Waals surface area contributed by atoms with Gasteiger partial charge in [0, 0.05) is 17.4 Å². The minimum Gasteiger partial charge on any atom is -0.294 e. The summed E-state index contributed by atoms with van der Waals surface area (Å²) < 4.78 is 0. The molecule has 0 N–H and O–H groups in total. The van der Waals surface area contributed by atoms with Crippen LogP contribution in [0.15, 0.2) is 30.3 Å². The van der Waals surface area contributed by atoms with Crippen molar-refractivity contribution in [1.29, 1.82) is 0 Å². The van der Waals surface area contributed by atoms with E-state index in [1.807, 2.05) is 0 Å². The number of ketones is 1. The van der Waals surface area contributed by atoms with Crippen molar-refractivity contribution in [3.63, 3.8) is 0 Å².